The van der Waals surface area contributed by atoms with Gasteiger partial charge in [0.15, 0.2) is 0 Å². The van der Waals surface area contributed by atoms with Crippen molar-refractivity contribution in [3.63, 3.8) is 0 Å². The molecule has 1 heteroatoms. The van der Waals surface area contributed by atoms with E-state index in [2.05, 4.69) is 6.92 Å². The number of hydrogen-bond acceptors (Lipinski definition) is 0. The molecule has 114 valence electrons. The highest BCUT2D eigenvalue weighted by Gasteiger charge is 2.09. The van der Waals surface area contributed by atoms with Crippen molar-refractivity contribution in [3.8, 4) is 0 Å². The van der Waals surface area contributed by atoms with Gasteiger partial charge in [-0.25, -0.2) is 0 Å². The highest BCUT2D eigenvalue weighted by atomic mass is 31.1. The summed E-state index contributed by atoms with van der Waals surface area (Å²) < 4.78 is 0. The number of hydrogen-bond donors (Lipinski definition) is 0. The number of rotatable bonds is 9. The third-order valence-corrected chi connectivity index (χ3v) is 6.37. The normalized spacial score (nSPS) is 19.4. The lowest BCUT2D eigenvalue weighted by Gasteiger charge is -2.15. The maximum atomic E-state index is 2.30. The molecule has 1 rings (SSSR count). The summed E-state index contributed by atoms with van der Waals surface area (Å²) in [5, 5.41) is 0. The van der Waals surface area contributed by atoms with Crippen LogP contribution in [0.4, 0.5) is 0 Å². The van der Waals surface area contributed by atoms with Gasteiger partial charge in [0.05, 0.1) is 0 Å². The quantitative estimate of drug-likeness (QED) is 0.318. The summed E-state index contributed by atoms with van der Waals surface area (Å²) in [6.07, 6.45) is 24.0. The second kappa shape index (κ2) is 13.4. The summed E-state index contributed by atoms with van der Waals surface area (Å²) in [6.45, 7) is 2.30. The summed E-state index contributed by atoms with van der Waals surface area (Å²) in [4.78, 5) is 0. The molecular formula is C18H37P. The molecule has 0 saturated heterocycles. The summed E-state index contributed by atoms with van der Waals surface area (Å²) in [5.41, 5.74) is 1.11. The van der Waals surface area contributed by atoms with Crippen molar-refractivity contribution in [2.45, 2.75) is 109 Å². The van der Waals surface area contributed by atoms with Crippen molar-refractivity contribution < 1.29 is 0 Å². The van der Waals surface area contributed by atoms with E-state index in [-0.39, 0.29) is 0 Å². The molecular weight excluding hydrogens is 247 g/mol. The Bertz CT molecular complexity index is 169. The lowest BCUT2D eigenvalue weighted by molar-refractivity contribution is 0.601. The first kappa shape index (κ1) is 17.5. The first-order valence-corrected chi connectivity index (χ1v) is 10.5. The summed E-state index contributed by atoms with van der Waals surface area (Å²) in [5.74, 6) is 0. The molecule has 0 aromatic heterocycles. The van der Waals surface area contributed by atoms with Gasteiger partial charge in [0, 0.05) is 0 Å². The Morgan fingerprint density at radius 1 is 0.684 bits per heavy atom. The third kappa shape index (κ3) is 10.8. The number of unbranched alkanes of at least 4 members (excludes halogenated alkanes) is 6. The van der Waals surface area contributed by atoms with Gasteiger partial charge in [-0.2, -0.15) is 0 Å². The van der Waals surface area contributed by atoms with Gasteiger partial charge in [-0.3, -0.25) is 0 Å². The standard InChI is InChI=1S/C18H37P/c1-2-3-4-5-8-11-14-17-19-18-15-12-9-6-7-10-13-16-18/h18-19H,2-17H2,1H3. The lowest BCUT2D eigenvalue weighted by Crippen LogP contribution is -2.01. The van der Waals surface area contributed by atoms with Crippen LogP contribution in [0.5, 0.6) is 0 Å². The maximum absolute atomic E-state index is 2.30. The van der Waals surface area contributed by atoms with Crippen LogP contribution >= 0.6 is 8.58 Å². The zero-order chi connectivity index (χ0) is 13.6. The molecule has 0 aliphatic heterocycles. The fourth-order valence-corrected chi connectivity index (χ4v) is 4.90. The first-order valence-electron chi connectivity index (χ1n) is 9.17. The average Bonchev–Trinajstić information content (AvgIpc) is 2.55. The van der Waals surface area contributed by atoms with E-state index < -0.39 is 0 Å². The van der Waals surface area contributed by atoms with E-state index in [0.717, 1.165) is 5.66 Å². The molecule has 1 aliphatic carbocycles. The van der Waals surface area contributed by atoms with Crippen LogP contribution in [0.1, 0.15) is 103 Å². The Balaban J connectivity index is 1.91. The molecule has 19 heavy (non-hydrogen) atoms. The van der Waals surface area contributed by atoms with Crippen molar-refractivity contribution in [2.24, 2.45) is 0 Å². The Morgan fingerprint density at radius 2 is 1.21 bits per heavy atom. The van der Waals surface area contributed by atoms with Gasteiger partial charge in [0.25, 0.3) is 0 Å². The first-order chi connectivity index (χ1) is 9.43. The Labute approximate surface area is 124 Å². The molecule has 0 nitrogen and oxygen atoms in total. The van der Waals surface area contributed by atoms with Crippen molar-refractivity contribution in [1.82, 2.24) is 0 Å². The van der Waals surface area contributed by atoms with Crippen LogP contribution in [0.3, 0.4) is 0 Å². The predicted octanol–water partition coefficient (Wildman–Crippen LogP) is 6.92. The molecule has 0 bridgehead atoms. The minimum absolute atomic E-state index is 1.11. The monoisotopic (exact) mass is 284 g/mol. The Kier molecular flexibility index (Phi) is 12.3. The minimum Gasteiger partial charge on any atom is -0.119 e. The van der Waals surface area contributed by atoms with E-state index >= 15 is 0 Å². The second-order valence-corrected chi connectivity index (χ2v) is 8.20. The Hall–Kier alpha value is 0.430. The third-order valence-electron chi connectivity index (χ3n) is 4.57. The average molecular weight is 284 g/mol. The van der Waals surface area contributed by atoms with Gasteiger partial charge in [-0.15, -0.1) is 8.58 Å². The van der Waals surface area contributed by atoms with Crippen LogP contribution in [0.25, 0.3) is 0 Å². The smallest absolute Gasteiger partial charge is 0.0237 e. The molecule has 0 spiro atoms. The van der Waals surface area contributed by atoms with Gasteiger partial charge in [-0.05, 0) is 31.1 Å². The van der Waals surface area contributed by atoms with Crippen LogP contribution in [-0.4, -0.2) is 11.8 Å². The molecule has 1 saturated carbocycles. The second-order valence-electron chi connectivity index (χ2n) is 6.47. The molecule has 0 N–H and O–H groups in total. The van der Waals surface area contributed by atoms with E-state index in [1.54, 1.807) is 19.0 Å². The van der Waals surface area contributed by atoms with E-state index in [1.165, 1.54) is 92.1 Å². The van der Waals surface area contributed by atoms with Gasteiger partial charge in [0.1, 0.15) is 0 Å². The molecule has 1 aliphatic rings. The largest absolute Gasteiger partial charge is 0.119 e. The fraction of sp³-hybridized carbons (Fsp3) is 1.00. The van der Waals surface area contributed by atoms with Crippen LogP contribution < -0.4 is 0 Å². The van der Waals surface area contributed by atoms with Crippen LogP contribution in [0, 0.1) is 0 Å². The van der Waals surface area contributed by atoms with Crippen molar-refractivity contribution in [3.05, 3.63) is 0 Å². The molecule has 0 aromatic carbocycles. The topological polar surface area (TPSA) is 0 Å². The predicted molar refractivity (Wildman–Crippen MR) is 91.9 cm³/mol. The highest BCUT2D eigenvalue weighted by Crippen LogP contribution is 2.31. The van der Waals surface area contributed by atoms with Crippen LogP contribution in [-0.2, 0) is 0 Å². The molecule has 0 heterocycles. The van der Waals surface area contributed by atoms with Crippen molar-refractivity contribution >= 4 is 8.58 Å². The van der Waals surface area contributed by atoms with E-state index in [9.17, 15) is 0 Å². The minimum atomic E-state index is 1.11. The molecule has 1 atom stereocenters. The van der Waals surface area contributed by atoms with Gasteiger partial charge >= 0.3 is 0 Å². The molecule has 1 fully saturated rings. The highest BCUT2D eigenvalue weighted by molar-refractivity contribution is 7.38. The van der Waals surface area contributed by atoms with Crippen molar-refractivity contribution in [2.75, 3.05) is 6.16 Å². The lowest BCUT2D eigenvalue weighted by atomic mass is 10.1. The van der Waals surface area contributed by atoms with E-state index in [1.807, 2.05) is 0 Å². The van der Waals surface area contributed by atoms with E-state index in [0.29, 0.717) is 0 Å². The van der Waals surface area contributed by atoms with Crippen LogP contribution in [0.2, 0.25) is 0 Å². The van der Waals surface area contributed by atoms with E-state index in [4.69, 9.17) is 0 Å². The van der Waals surface area contributed by atoms with Gasteiger partial charge in [-0.1, -0.05) is 84.0 Å². The maximum Gasteiger partial charge on any atom is -0.0237 e. The molecule has 1 unspecified atom stereocenters. The fourth-order valence-electron chi connectivity index (χ4n) is 3.23. The zero-order valence-corrected chi connectivity index (χ0v) is 14.4. The van der Waals surface area contributed by atoms with Gasteiger partial charge < -0.3 is 0 Å². The van der Waals surface area contributed by atoms with Crippen LogP contribution in [0.15, 0.2) is 0 Å². The summed E-state index contributed by atoms with van der Waals surface area (Å²) >= 11 is 0. The SMILES string of the molecule is CCCCCCCCCPC1CCCCCCCC1. The van der Waals surface area contributed by atoms with Crippen molar-refractivity contribution in [1.29, 1.82) is 0 Å². The molecule has 0 radical (unpaired) electrons. The zero-order valence-electron chi connectivity index (χ0n) is 13.4. The molecule has 0 aromatic rings. The summed E-state index contributed by atoms with van der Waals surface area (Å²) in [7, 11) is 1.28. The Morgan fingerprint density at radius 3 is 1.84 bits per heavy atom. The van der Waals surface area contributed by atoms with Gasteiger partial charge in [0.2, 0.25) is 0 Å². The summed E-state index contributed by atoms with van der Waals surface area (Å²) in [6, 6.07) is 0. The molecule has 0 amide bonds.